The molecule has 2 aromatic carbocycles. The molecule has 0 saturated carbocycles. The molecule has 1 aromatic heterocycles. The van der Waals surface area contributed by atoms with E-state index in [9.17, 15) is 18.0 Å². The molecule has 0 atom stereocenters. The van der Waals surface area contributed by atoms with Crippen molar-refractivity contribution in [3.05, 3.63) is 83.4 Å². The van der Waals surface area contributed by atoms with Gasteiger partial charge in [0.25, 0.3) is 5.91 Å². The zero-order valence-electron chi connectivity index (χ0n) is 17.8. The first-order chi connectivity index (χ1) is 15.3. The van der Waals surface area contributed by atoms with Gasteiger partial charge in [-0.2, -0.15) is 13.2 Å². The number of carbonyl (C=O) groups excluding carboxylic acids is 1. The van der Waals surface area contributed by atoms with E-state index in [0.29, 0.717) is 42.4 Å². The van der Waals surface area contributed by atoms with Gasteiger partial charge in [-0.25, -0.2) is 4.98 Å². The van der Waals surface area contributed by atoms with Crippen molar-refractivity contribution in [1.82, 2.24) is 14.5 Å². The SMILES string of the molecule is COCCN(Cc1nccn1Cc1ccc(C(F)(F)F)cc1)C(=O)c1cccc(OC)c1. The van der Waals surface area contributed by atoms with Gasteiger partial charge in [0.15, 0.2) is 0 Å². The fourth-order valence-electron chi connectivity index (χ4n) is 3.19. The zero-order chi connectivity index (χ0) is 23.1. The minimum Gasteiger partial charge on any atom is -0.497 e. The van der Waals surface area contributed by atoms with Crippen LogP contribution >= 0.6 is 0 Å². The summed E-state index contributed by atoms with van der Waals surface area (Å²) in [5.41, 5.74) is 0.475. The third-order valence-corrected chi connectivity index (χ3v) is 4.94. The van der Waals surface area contributed by atoms with Crippen LogP contribution in [0.2, 0.25) is 0 Å². The lowest BCUT2D eigenvalue weighted by Crippen LogP contribution is -2.34. The van der Waals surface area contributed by atoms with Crippen LogP contribution in [-0.4, -0.2) is 47.7 Å². The summed E-state index contributed by atoms with van der Waals surface area (Å²) in [5, 5.41) is 0. The predicted molar refractivity (Wildman–Crippen MR) is 112 cm³/mol. The normalized spacial score (nSPS) is 11.4. The molecule has 1 heterocycles. The molecule has 0 bridgehead atoms. The number of hydrogen-bond acceptors (Lipinski definition) is 4. The molecule has 9 heteroatoms. The van der Waals surface area contributed by atoms with Crippen LogP contribution in [0.1, 0.15) is 27.3 Å². The van der Waals surface area contributed by atoms with Crippen LogP contribution in [0.5, 0.6) is 5.75 Å². The van der Waals surface area contributed by atoms with Crippen LogP contribution < -0.4 is 4.74 Å². The van der Waals surface area contributed by atoms with Gasteiger partial charge < -0.3 is 18.9 Å². The first kappa shape index (κ1) is 23.3. The molecule has 0 spiro atoms. The Morgan fingerprint density at radius 1 is 1.12 bits per heavy atom. The summed E-state index contributed by atoms with van der Waals surface area (Å²) < 4.78 is 50.6. The molecule has 6 nitrogen and oxygen atoms in total. The number of benzene rings is 2. The summed E-state index contributed by atoms with van der Waals surface area (Å²) in [6.07, 6.45) is -1.04. The van der Waals surface area contributed by atoms with Crippen molar-refractivity contribution in [1.29, 1.82) is 0 Å². The number of amides is 1. The first-order valence-electron chi connectivity index (χ1n) is 9.90. The van der Waals surface area contributed by atoms with E-state index in [2.05, 4.69) is 4.98 Å². The molecular weight excluding hydrogens is 423 g/mol. The average Bonchev–Trinajstić information content (AvgIpc) is 3.22. The van der Waals surface area contributed by atoms with Gasteiger partial charge in [0.05, 0.1) is 25.8 Å². The quantitative estimate of drug-likeness (QED) is 0.492. The predicted octanol–water partition coefficient (Wildman–Crippen LogP) is 4.25. The van der Waals surface area contributed by atoms with Gasteiger partial charge in [-0.05, 0) is 35.9 Å². The number of methoxy groups -OCH3 is 2. The second-order valence-corrected chi connectivity index (χ2v) is 7.12. The van der Waals surface area contributed by atoms with Crippen LogP contribution in [0.4, 0.5) is 13.2 Å². The van der Waals surface area contributed by atoms with Gasteiger partial charge in [-0.3, -0.25) is 4.79 Å². The third kappa shape index (κ3) is 5.88. The number of aromatic nitrogens is 2. The zero-order valence-corrected chi connectivity index (χ0v) is 17.8. The second-order valence-electron chi connectivity index (χ2n) is 7.12. The molecule has 170 valence electrons. The lowest BCUT2D eigenvalue weighted by atomic mass is 10.1. The van der Waals surface area contributed by atoms with Crippen molar-refractivity contribution >= 4 is 5.91 Å². The number of carbonyl (C=O) groups is 1. The van der Waals surface area contributed by atoms with Crippen molar-refractivity contribution in [2.45, 2.75) is 19.3 Å². The minimum atomic E-state index is -4.37. The average molecular weight is 447 g/mol. The van der Waals surface area contributed by atoms with Crippen LogP contribution in [0.15, 0.2) is 60.9 Å². The molecule has 3 rings (SSSR count). The molecule has 0 saturated heterocycles. The van der Waals surface area contributed by atoms with Crippen molar-refractivity contribution in [2.75, 3.05) is 27.4 Å². The van der Waals surface area contributed by atoms with Gasteiger partial charge in [0, 0.05) is 38.2 Å². The summed E-state index contributed by atoms with van der Waals surface area (Å²) in [6, 6.07) is 11.9. The Labute approximate surface area is 184 Å². The molecule has 0 aliphatic heterocycles. The Hall–Kier alpha value is -3.33. The highest BCUT2D eigenvalue weighted by Gasteiger charge is 2.30. The Morgan fingerprint density at radius 2 is 1.88 bits per heavy atom. The van der Waals surface area contributed by atoms with Gasteiger partial charge in [0.2, 0.25) is 0 Å². The van der Waals surface area contributed by atoms with Gasteiger partial charge >= 0.3 is 6.18 Å². The van der Waals surface area contributed by atoms with Crippen molar-refractivity contribution in [3.63, 3.8) is 0 Å². The van der Waals surface area contributed by atoms with Crippen LogP contribution in [-0.2, 0) is 24.0 Å². The van der Waals surface area contributed by atoms with Crippen LogP contribution in [0.3, 0.4) is 0 Å². The highest BCUT2D eigenvalue weighted by molar-refractivity contribution is 5.94. The van der Waals surface area contributed by atoms with E-state index in [0.717, 1.165) is 12.1 Å². The van der Waals surface area contributed by atoms with E-state index in [1.165, 1.54) is 19.2 Å². The molecule has 0 aliphatic rings. The van der Waals surface area contributed by atoms with E-state index in [1.54, 1.807) is 53.2 Å². The second kappa shape index (κ2) is 10.3. The number of rotatable bonds is 9. The fourth-order valence-corrected chi connectivity index (χ4v) is 3.19. The maximum Gasteiger partial charge on any atom is 0.416 e. The number of halogens is 3. The standard InChI is InChI=1S/C23H24F3N3O3/c1-31-13-12-29(22(30)18-4-3-5-20(14-18)32-2)16-21-27-10-11-28(21)15-17-6-8-19(9-7-17)23(24,25)26/h3-11,14H,12-13,15-16H2,1-2H3. The highest BCUT2D eigenvalue weighted by atomic mass is 19.4. The third-order valence-electron chi connectivity index (χ3n) is 4.94. The molecule has 0 radical (unpaired) electrons. The number of nitrogens with zero attached hydrogens (tertiary/aromatic N) is 3. The van der Waals surface area contributed by atoms with Crippen LogP contribution in [0, 0.1) is 0 Å². The Kier molecular flexibility index (Phi) is 7.53. The number of alkyl halides is 3. The molecule has 3 aromatic rings. The van der Waals surface area contributed by atoms with Gasteiger partial charge in [0.1, 0.15) is 11.6 Å². The van der Waals surface area contributed by atoms with E-state index >= 15 is 0 Å². The minimum absolute atomic E-state index is 0.204. The highest BCUT2D eigenvalue weighted by Crippen LogP contribution is 2.29. The first-order valence-corrected chi connectivity index (χ1v) is 9.90. The molecule has 0 fully saturated rings. The number of ether oxygens (including phenoxy) is 2. The topological polar surface area (TPSA) is 56.6 Å². The molecule has 1 amide bonds. The molecule has 0 aliphatic carbocycles. The van der Waals surface area contributed by atoms with E-state index in [4.69, 9.17) is 9.47 Å². The van der Waals surface area contributed by atoms with Gasteiger partial charge in [-0.1, -0.05) is 18.2 Å². The lowest BCUT2D eigenvalue weighted by Gasteiger charge is -2.23. The van der Waals surface area contributed by atoms with Gasteiger partial charge in [-0.15, -0.1) is 0 Å². The monoisotopic (exact) mass is 447 g/mol. The van der Waals surface area contributed by atoms with Crippen molar-refractivity contribution in [2.24, 2.45) is 0 Å². The smallest absolute Gasteiger partial charge is 0.416 e. The summed E-state index contributed by atoms with van der Waals surface area (Å²) >= 11 is 0. The number of imidazole rings is 1. The van der Waals surface area contributed by atoms with E-state index in [1.807, 2.05) is 0 Å². The maximum absolute atomic E-state index is 13.1. The summed E-state index contributed by atoms with van der Waals surface area (Å²) in [4.78, 5) is 19.1. The lowest BCUT2D eigenvalue weighted by molar-refractivity contribution is -0.137. The van der Waals surface area contributed by atoms with Crippen molar-refractivity contribution < 1.29 is 27.4 Å². The maximum atomic E-state index is 13.1. The molecule has 0 unspecified atom stereocenters. The van der Waals surface area contributed by atoms with E-state index < -0.39 is 11.7 Å². The summed E-state index contributed by atoms with van der Waals surface area (Å²) in [5.74, 6) is 0.980. The summed E-state index contributed by atoms with van der Waals surface area (Å²) in [7, 11) is 3.09. The summed E-state index contributed by atoms with van der Waals surface area (Å²) in [6.45, 7) is 1.24. The Morgan fingerprint density at radius 3 is 2.53 bits per heavy atom. The molecular formula is C23H24F3N3O3. The largest absolute Gasteiger partial charge is 0.497 e. The Bertz CT molecular complexity index is 1030. The molecule has 0 N–H and O–H groups in total. The molecule has 32 heavy (non-hydrogen) atoms. The van der Waals surface area contributed by atoms with E-state index in [-0.39, 0.29) is 12.5 Å². The van der Waals surface area contributed by atoms with Crippen molar-refractivity contribution in [3.8, 4) is 5.75 Å². The fraction of sp³-hybridized carbons (Fsp3) is 0.304. The number of hydrogen-bond donors (Lipinski definition) is 0. The Balaban J connectivity index is 1.78. The van der Waals surface area contributed by atoms with Crippen LogP contribution in [0.25, 0.3) is 0 Å².